The molecule has 0 radical (unpaired) electrons. The first-order valence-electron chi connectivity index (χ1n) is 7.32. The molecule has 21 heavy (non-hydrogen) atoms. The molecule has 0 aliphatic heterocycles. The first-order chi connectivity index (χ1) is 10.2. The third kappa shape index (κ3) is 4.48. The number of rotatable bonds is 8. The molecule has 0 spiro atoms. The van der Waals surface area contributed by atoms with Crippen LogP contribution in [0.25, 0.3) is 0 Å². The van der Waals surface area contributed by atoms with Crippen LogP contribution in [0.3, 0.4) is 0 Å². The maximum Gasteiger partial charge on any atom is 0.203 e. The number of anilines is 1. The van der Waals surface area contributed by atoms with Gasteiger partial charge >= 0.3 is 0 Å². The Morgan fingerprint density at radius 1 is 1.33 bits per heavy atom. The lowest BCUT2D eigenvalue weighted by Crippen LogP contribution is -2.13. The minimum atomic E-state index is 0.208. The second-order valence-electron chi connectivity index (χ2n) is 4.86. The van der Waals surface area contributed by atoms with E-state index >= 15 is 0 Å². The van der Waals surface area contributed by atoms with Gasteiger partial charge in [-0.05, 0) is 38.0 Å². The van der Waals surface area contributed by atoms with Crippen LogP contribution in [0.2, 0.25) is 5.02 Å². The van der Waals surface area contributed by atoms with Crippen molar-refractivity contribution in [3.63, 3.8) is 0 Å². The average Bonchev–Trinajstić information content (AvgIpc) is 2.95. The summed E-state index contributed by atoms with van der Waals surface area (Å²) < 4.78 is 7.46. The van der Waals surface area contributed by atoms with Crippen molar-refractivity contribution in [2.45, 2.75) is 26.3 Å². The standard InChI is InChI=1S/C16H22ClN3O/c1-3-21-12-4-9-18-16-19-10-11-20(16)13(2)14-5-7-15(17)8-6-14/h5-8,10-11,13H,3-4,9,12H2,1-2H3,(H,18,19). The Labute approximate surface area is 131 Å². The van der Waals surface area contributed by atoms with Crippen LogP contribution < -0.4 is 5.32 Å². The normalized spacial score (nSPS) is 12.3. The third-order valence-corrected chi connectivity index (χ3v) is 3.64. The Kier molecular flexibility index (Phi) is 6.08. The van der Waals surface area contributed by atoms with Crippen molar-refractivity contribution >= 4 is 17.5 Å². The second kappa shape index (κ2) is 8.05. The van der Waals surface area contributed by atoms with Gasteiger partial charge in [-0.3, -0.25) is 0 Å². The zero-order valence-corrected chi connectivity index (χ0v) is 13.3. The van der Waals surface area contributed by atoms with Crippen LogP contribution in [0.15, 0.2) is 36.7 Å². The summed E-state index contributed by atoms with van der Waals surface area (Å²) >= 11 is 5.94. The lowest BCUT2D eigenvalue weighted by molar-refractivity contribution is 0.147. The van der Waals surface area contributed by atoms with E-state index in [4.69, 9.17) is 16.3 Å². The Morgan fingerprint density at radius 2 is 2.10 bits per heavy atom. The Bertz CT molecular complexity index is 539. The number of ether oxygens (including phenoxy) is 1. The highest BCUT2D eigenvalue weighted by Crippen LogP contribution is 2.23. The molecule has 114 valence electrons. The predicted octanol–water partition coefficient (Wildman–Crippen LogP) is 3.98. The maximum absolute atomic E-state index is 5.94. The number of halogens is 1. The Hall–Kier alpha value is -1.52. The first-order valence-corrected chi connectivity index (χ1v) is 7.70. The van der Waals surface area contributed by atoms with Crippen molar-refractivity contribution in [1.29, 1.82) is 0 Å². The zero-order valence-electron chi connectivity index (χ0n) is 12.6. The van der Waals surface area contributed by atoms with E-state index in [0.717, 1.165) is 37.2 Å². The summed E-state index contributed by atoms with van der Waals surface area (Å²) in [7, 11) is 0. The van der Waals surface area contributed by atoms with Crippen molar-refractivity contribution in [2.75, 3.05) is 25.1 Å². The molecule has 1 N–H and O–H groups in total. The topological polar surface area (TPSA) is 39.1 Å². The van der Waals surface area contributed by atoms with Gasteiger partial charge in [0, 0.05) is 37.2 Å². The van der Waals surface area contributed by atoms with E-state index in [1.807, 2.05) is 43.6 Å². The monoisotopic (exact) mass is 307 g/mol. The molecule has 5 heteroatoms. The van der Waals surface area contributed by atoms with E-state index in [-0.39, 0.29) is 6.04 Å². The van der Waals surface area contributed by atoms with Gasteiger partial charge in [0.2, 0.25) is 5.95 Å². The number of hydrogen-bond donors (Lipinski definition) is 1. The lowest BCUT2D eigenvalue weighted by atomic mass is 10.1. The van der Waals surface area contributed by atoms with Crippen LogP contribution in [0.1, 0.15) is 31.9 Å². The summed E-state index contributed by atoms with van der Waals surface area (Å²) in [4.78, 5) is 4.38. The van der Waals surface area contributed by atoms with E-state index in [1.165, 1.54) is 5.56 Å². The van der Waals surface area contributed by atoms with E-state index in [1.54, 1.807) is 0 Å². The van der Waals surface area contributed by atoms with Crippen LogP contribution >= 0.6 is 11.6 Å². The van der Waals surface area contributed by atoms with E-state index in [9.17, 15) is 0 Å². The van der Waals surface area contributed by atoms with Crippen molar-refractivity contribution < 1.29 is 4.74 Å². The van der Waals surface area contributed by atoms with Gasteiger partial charge in [0.25, 0.3) is 0 Å². The number of benzene rings is 1. The molecule has 0 aliphatic rings. The predicted molar refractivity (Wildman–Crippen MR) is 87.1 cm³/mol. The molecule has 0 fully saturated rings. The van der Waals surface area contributed by atoms with Gasteiger partial charge in [-0.2, -0.15) is 0 Å². The molecule has 0 bridgehead atoms. The molecule has 4 nitrogen and oxygen atoms in total. The molecule has 0 aliphatic carbocycles. The minimum Gasteiger partial charge on any atom is -0.382 e. The van der Waals surface area contributed by atoms with Crippen LogP contribution in [0.5, 0.6) is 0 Å². The number of imidazole rings is 1. The summed E-state index contributed by atoms with van der Waals surface area (Å²) in [5, 5.41) is 4.12. The minimum absolute atomic E-state index is 0.208. The fourth-order valence-corrected chi connectivity index (χ4v) is 2.31. The van der Waals surface area contributed by atoms with Crippen molar-refractivity contribution in [3.05, 3.63) is 47.2 Å². The van der Waals surface area contributed by atoms with Crippen LogP contribution in [0.4, 0.5) is 5.95 Å². The summed E-state index contributed by atoms with van der Waals surface area (Å²) in [5.41, 5.74) is 1.20. The number of nitrogens with one attached hydrogen (secondary N) is 1. The van der Waals surface area contributed by atoms with Crippen molar-refractivity contribution in [3.8, 4) is 0 Å². The lowest BCUT2D eigenvalue weighted by Gasteiger charge is -2.17. The highest BCUT2D eigenvalue weighted by molar-refractivity contribution is 6.30. The van der Waals surface area contributed by atoms with Crippen LogP contribution in [0, 0.1) is 0 Å². The van der Waals surface area contributed by atoms with Gasteiger partial charge in [-0.15, -0.1) is 0 Å². The average molecular weight is 308 g/mol. The second-order valence-corrected chi connectivity index (χ2v) is 5.30. The van der Waals surface area contributed by atoms with Crippen molar-refractivity contribution in [2.24, 2.45) is 0 Å². The summed E-state index contributed by atoms with van der Waals surface area (Å²) in [6, 6.07) is 8.13. The largest absolute Gasteiger partial charge is 0.382 e. The first kappa shape index (κ1) is 15.9. The third-order valence-electron chi connectivity index (χ3n) is 3.39. The van der Waals surface area contributed by atoms with E-state index in [2.05, 4.69) is 21.8 Å². The highest BCUT2D eigenvalue weighted by atomic mass is 35.5. The quantitative estimate of drug-likeness (QED) is 0.750. The molecule has 0 saturated heterocycles. The molecule has 1 aromatic carbocycles. The van der Waals surface area contributed by atoms with Crippen molar-refractivity contribution in [1.82, 2.24) is 9.55 Å². The van der Waals surface area contributed by atoms with Gasteiger partial charge < -0.3 is 14.6 Å². The fraction of sp³-hybridized carbons (Fsp3) is 0.438. The summed E-state index contributed by atoms with van der Waals surface area (Å²) in [5.74, 6) is 0.883. The Balaban J connectivity index is 1.97. The van der Waals surface area contributed by atoms with Crippen LogP contribution in [-0.4, -0.2) is 29.3 Å². The van der Waals surface area contributed by atoms with E-state index < -0.39 is 0 Å². The molecule has 1 unspecified atom stereocenters. The zero-order chi connectivity index (χ0) is 15.1. The maximum atomic E-state index is 5.94. The Morgan fingerprint density at radius 3 is 2.81 bits per heavy atom. The summed E-state index contributed by atoms with van der Waals surface area (Å²) in [6.45, 7) is 6.55. The number of aromatic nitrogens is 2. The molecule has 2 aromatic rings. The number of nitrogens with zero attached hydrogens (tertiary/aromatic N) is 2. The molecule has 0 saturated carbocycles. The van der Waals surface area contributed by atoms with E-state index in [0.29, 0.717) is 0 Å². The molecule has 0 amide bonds. The van der Waals surface area contributed by atoms with Gasteiger partial charge in [0.1, 0.15) is 0 Å². The smallest absolute Gasteiger partial charge is 0.203 e. The summed E-state index contributed by atoms with van der Waals surface area (Å²) in [6.07, 6.45) is 4.78. The van der Waals surface area contributed by atoms with Gasteiger partial charge in [0.05, 0.1) is 6.04 Å². The molecule has 1 heterocycles. The van der Waals surface area contributed by atoms with Gasteiger partial charge in [0.15, 0.2) is 0 Å². The SMILES string of the molecule is CCOCCCNc1nccn1C(C)c1ccc(Cl)cc1. The molecular formula is C16H22ClN3O. The molecule has 1 aromatic heterocycles. The van der Waals surface area contributed by atoms with Gasteiger partial charge in [-0.1, -0.05) is 23.7 Å². The fourth-order valence-electron chi connectivity index (χ4n) is 2.18. The number of hydrogen-bond acceptors (Lipinski definition) is 3. The molecular weight excluding hydrogens is 286 g/mol. The molecule has 2 rings (SSSR count). The van der Waals surface area contributed by atoms with Gasteiger partial charge in [-0.25, -0.2) is 4.98 Å². The van der Waals surface area contributed by atoms with Crippen LogP contribution in [-0.2, 0) is 4.74 Å². The molecule has 1 atom stereocenters. The highest BCUT2D eigenvalue weighted by Gasteiger charge is 2.11.